The van der Waals surface area contributed by atoms with Crippen molar-refractivity contribution in [3.05, 3.63) is 18.0 Å². The Morgan fingerprint density at radius 2 is 1.95 bits per heavy atom. The van der Waals surface area contributed by atoms with E-state index in [1.165, 1.54) is 6.20 Å². The van der Waals surface area contributed by atoms with Gasteiger partial charge in [-0.3, -0.25) is 4.68 Å². The summed E-state index contributed by atoms with van der Waals surface area (Å²) >= 11 is 0. The lowest BCUT2D eigenvalue weighted by atomic mass is 10.0. The number of halogens is 3. The van der Waals surface area contributed by atoms with Crippen LogP contribution in [-0.4, -0.2) is 30.0 Å². The van der Waals surface area contributed by atoms with Crippen LogP contribution in [0, 0.1) is 0 Å². The molecule has 1 saturated carbocycles. The van der Waals surface area contributed by atoms with Crippen molar-refractivity contribution in [2.45, 2.75) is 50.1 Å². The molecule has 0 amide bonds. The minimum Gasteiger partial charge on any atom is -0.271 e. The lowest BCUT2D eigenvalue weighted by molar-refractivity contribution is -0.141. The summed E-state index contributed by atoms with van der Waals surface area (Å²) in [5.74, 6) is 0. The largest absolute Gasteiger partial charge is 0.435 e. The second-order valence-corrected chi connectivity index (χ2v) is 7.21. The number of nitrogens with one attached hydrogen (secondary N) is 1. The standard InChI is InChI=1S/C12H18F3N3O2S/c13-12(14,15)11-6-8-18(17-11)9-7-16-21(19,20)10-4-2-1-3-5-10/h6,8,10,16H,1-5,7,9H2. The zero-order chi connectivity index (χ0) is 15.5. The molecule has 0 unspecified atom stereocenters. The van der Waals surface area contributed by atoms with E-state index in [9.17, 15) is 21.6 Å². The average Bonchev–Trinajstić information content (AvgIpc) is 2.88. The van der Waals surface area contributed by atoms with Crippen LogP contribution in [0.1, 0.15) is 37.8 Å². The van der Waals surface area contributed by atoms with Gasteiger partial charge in [-0.15, -0.1) is 0 Å². The van der Waals surface area contributed by atoms with E-state index in [-0.39, 0.29) is 18.3 Å². The molecule has 0 saturated heterocycles. The van der Waals surface area contributed by atoms with E-state index in [1.54, 1.807) is 0 Å². The molecule has 1 fully saturated rings. The summed E-state index contributed by atoms with van der Waals surface area (Å²) in [5.41, 5.74) is -0.974. The number of nitrogens with zero attached hydrogens (tertiary/aromatic N) is 2. The average molecular weight is 325 g/mol. The van der Waals surface area contributed by atoms with Crippen LogP contribution in [0.5, 0.6) is 0 Å². The Morgan fingerprint density at radius 1 is 1.29 bits per heavy atom. The Kier molecular flexibility index (Phi) is 4.92. The van der Waals surface area contributed by atoms with Crippen LogP contribution in [0.25, 0.3) is 0 Å². The normalized spacial score (nSPS) is 18.0. The van der Waals surface area contributed by atoms with Gasteiger partial charge in [0, 0.05) is 12.7 Å². The van der Waals surface area contributed by atoms with E-state index in [4.69, 9.17) is 0 Å². The van der Waals surface area contributed by atoms with Gasteiger partial charge in [0.05, 0.1) is 11.8 Å². The molecule has 9 heteroatoms. The topological polar surface area (TPSA) is 64.0 Å². The second kappa shape index (κ2) is 6.35. The SMILES string of the molecule is O=S(=O)(NCCn1ccc(C(F)(F)F)n1)C1CCCCC1. The highest BCUT2D eigenvalue weighted by Gasteiger charge is 2.33. The van der Waals surface area contributed by atoms with E-state index in [2.05, 4.69) is 9.82 Å². The summed E-state index contributed by atoms with van der Waals surface area (Å²) in [7, 11) is -3.39. The third kappa shape index (κ3) is 4.44. The van der Waals surface area contributed by atoms with Crippen molar-refractivity contribution in [3.63, 3.8) is 0 Å². The number of aromatic nitrogens is 2. The molecule has 120 valence electrons. The van der Waals surface area contributed by atoms with E-state index < -0.39 is 21.9 Å². The van der Waals surface area contributed by atoms with Gasteiger partial charge >= 0.3 is 6.18 Å². The van der Waals surface area contributed by atoms with Gasteiger partial charge in [0.2, 0.25) is 10.0 Å². The molecule has 0 spiro atoms. The summed E-state index contributed by atoms with van der Waals surface area (Å²) < 4.78 is 64.7. The van der Waals surface area contributed by atoms with Crippen molar-refractivity contribution >= 4 is 10.0 Å². The molecule has 0 aliphatic heterocycles. The Bertz CT molecular complexity index is 563. The van der Waals surface area contributed by atoms with Crippen LogP contribution in [-0.2, 0) is 22.7 Å². The summed E-state index contributed by atoms with van der Waals surface area (Å²) in [6.45, 7) is 0.111. The van der Waals surface area contributed by atoms with Crippen LogP contribution in [0.15, 0.2) is 12.3 Å². The van der Waals surface area contributed by atoms with Gasteiger partial charge < -0.3 is 0 Å². The first-order valence-electron chi connectivity index (χ1n) is 6.88. The van der Waals surface area contributed by atoms with Gasteiger partial charge in [0.15, 0.2) is 5.69 Å². The fourth-order valence-electron chi connectivity index (χ4n) is 2.43. The van der Waals surface area contributed by atoms with Crippen molar-refractivity contribution in [1.29, 1.82) is 0 Å². The molecule has 2 rings (SSSR count). The molecular formula is C12H18F3N3O2S. The molecule has 1 aliphatic carbocycles. The van der Waals surface area contributed by atoms with E-state index >= 15 is 0 Å². The third-order valence-electron chi connectivity index (χ3n) is 3.57. The number of hydrogen-bond donors (Lipinski definition) is 1. The first-order valence-corrected chi connectivity index (χ1v) is 8.43. The van der Waals surface area contributed by atoms with E-state index in [1.807, 2.05) is 0 Å². The predicted molar refractivity (Wildman–Crippen MR) is 71.0 cm³/mol. The number of hydrogen-bond acceptors (Lipinski definition) is 3. The highest BCUT2D eigenvalue weighted by atomic mass is 32.2. The van der Waals surface area contributed by atoms with Crippen LogP contribution >= 0.6 is 0 Å². The molecular weight excluding hydrogens is 307 g/mol. The molecule has 1 aromatic rings. The summed E-state index contributed by atoms with van der Waals surface area (Å²) in [4.78, 5) is 0. The Hall–Kier alpha value is -1.09. The minimum atomic E-state index is -4.48. The fraction of sp³-hybridized carbons (Fsp3) is 0.750. The molecule has 21 heavy (non-hydrogen) atoms. The summed E-state index contributed by atoms with van der Waals surface area (Å²) in [6.07, 6.45) is 0.869. The van der Waals surface area contributed by atoms with Gasteiger partial charge in [-0.1, -0.05) is 19.3 Å². The highest BCUT2D eigenvalue weighted by molar-refractivity contribution is 7.90. The monoisotopic (exact) mass is 325 g/mol. The number of alkyl halides is 3. The van der Waals surface area contributed by atoms with Crippen LogP contribution in [0.3, 0.4) is 0 Å². The van der Waals surface area contributed by atoms with Crippen LogP contribution < -0.4 is 4.72 Å². The smallest absolute Gasteiger partial charge is 0.271 e. The molecule has 1 aliphatic rings. The minimum absolute atomic E-state index is 0.0395. The molecule has 1 N–H and O–H groups in total. The van der Waals surface area contributed by atoms with Crippen molar-refractivity contribution < 1.29 is 21.6 Å². The highest BCUT2D eigenvalue weighted by Crippen LogP contribution is 2.27. The molecule has 1 aromatic heterocycles. The van der Waals surface area contributed by atoms with Crippen LogP contribution in [0.4, 0.5) is 13.2 Å². The zero-order valence-corrected chi connectivity index (χ0v) is 12.3. The molecule has 0 aromatic carbocycles. The predicted octanol–water partition coefficient (Wildman–Crippen LogP) is 2.15. The van der Waals surface area contributed by atoms with Gasteiger partial charge in [0.25, 0.3) is 0 Å². The molecule has 0 bridgehead atoms. The van der Waals surface area contributed by atoms with Gasteiger partial charge in [-0.25, -0.2) is 13.1 Å². The van der Waals surface area contributed by atoms with Crippen molar-refractivity contribution in [2.24, 2.45) is 0 Å². The Labute approximate surface area is 121 Å². The second-order valence-electron chi connectivity index (χ2n) is 5.16. The quantitative estimate of drug-likeness (QED) is 0.902. The number of rotatable bonds is 5. The van der Waals surface area contributed by atoms with Crippen molar-refractivity contribution in [3.8, 4) is 0 Å². The maximum absolute atomic E-state index is 12.4. The van der Waals surface area contributed by atoms with Gasteiger partial charge in [-0.05, 0) is 18.9 Å². The van der Waals surface area contributed by atoms with Gasteiger partial charge in [-0.2, -0.15) is 18.3 Å². The van der Waals surface area contributed by atoms with Crippen molar-refractivity contribution in [1.82, 2.24) is 14.5 Å². The Balaban J connectivity index is 1.85. The zero-order valence-electron chi connectivity index (χ0n) is 11.4. The Morgan fingerprint density at radius 3 is 2.52 bits per heavy atom. The summed E-state index contributed by atoms with van der Waals surface area (Å²) in [6, 6.07) is 0.871. The lowest BCUT2D eigenvalue weighted by Crippen LogP contribution is -2.37. The molecule has 0 atom stereocenters. The summed E-state index contributed by atoms with van der Waals surface area (Å²) in [5, 5.41) is 2.99. The fourth-order valence-corrected chi connectivity index (χ4v) is 4.00. The number of sulfonamides is 1. The molecule has 1 heterocycles. The first-order chi connectivity index (χ1) is 9.79. The van der Waals surface area contributed by atoms with Crippen molar-refractivity contribution in [2.75, 3.05) is 6.54 Å². The first kappa shape index (κ1) is 16.3. The molecule has 5 nitrogen and oxygen atoms in total. The maximum Gasteiger partial charge on any atom is 0.435 e. The lowest BCUT2D eigenvalue weighted by Gasteiger charge is -2.21. The van der Waals surface area contributed by atoms with E-state index in [0.717, 1.165) is 30.0 Å². The third-order valence-corrected chi connectivity index (χ3v) is 5.52. The maximum atomic E-state index is 12.4. The molecule has 0 radical (unpaired) electrons. The van der Waals surface area contributed by atoms with E-state index in [0.29, 0.717) is 12.8 Å². The van der Waals surface area contributed by atoms with Gasteiger partial charge in [0.1, 0.15) is 0 Å². The van der Waals surface area contributed by atoms with Crippen LogP contribution in [0.2, 0.25) is 0 Å².